The van der Waals surface area contributed by atoms with E-state index in [1.165, 1.54) is 0 Å². The Morgan fingerprint density at radius 1 is 1.29 bits per heavy atom. The highest BCUT2D eigenvalue weighted by atomic mass is 19.4. The van der Waals surface area contributed by atoms with Crippen molar-refractivity contribution in [3.63, 3.8) is 0 Å². The molecule has 1 heterocycles. The molecule has 0 atom stereocenters. The van der Waals surface area contributed by atoms with Gasteiger partial charge in [-0.05, 0) is 18.7 Å². The van der Waals surface area contributed by atoms with Gasteiger partial charge in [0.25, 0.3) is 0 Å². The maximum atomic E-state index is 12.3. The summed E-state index contributed by atoms with van der Waals surface area (Å²) >= 11 is 0. The zero-order chi connectivity index (χ0) is 10.8. The fourth-order valence-corrected chi connectivity index (χ4v) is 1.05. The molecule has 0 aliphatic carbocycles. The number of halogens is 3. The minimum absolute atomic E-state index is 0.136. The number of rotatable bonds is 2. The second-order valence-corrected chi connectivity index (χ2v) is 2.81. The van der Waals surface area contributed by atoms with Crippen LogP contribution in [0.4, 0.5) is 19.0 Å². The van der Waals surface area contributed by atoms with E-state index in [1.54, 1.807) is 0 Å². The summed E-state index contributed by atoms with van der Waals surface area (Å²) in [5, 5.41) is 0. The summed E-state index contributed by atoms with van der Waals surface area (Å²) in [6, 6.07) is 1.77. The molecule has 0 spiro atoms. The van der Waals surface area contributed by atoms with Gasteiger partial charge in [-0.3, -0.25) is 0 Å². The molecule has 0 fully saturated rings. The topological polar surface area (TPSA) is 64.9 Å². The van der Waals surface area contributed by atoms with Gasteiger partial charge in [-0.25, -0.2) is 4.98 Å². The first-order valence-corrected chi connectivity index (χ1v) is 3.97. The number of hydrogen-bond donors (Lipinski definition) is 2. The third kappa shape index (κ3) is 2.59. The Morgan fingerprint density at radius 3 is 2.43 bits per heavy atom. The largest absolute Gasteiger partial charge is 0.416 e. The van der Waals surface area contributed by atoms with Crippen LogP contribution in [0.25, 0.3) is 0 Å². The Labute approximate surface area is 78.9 Å². The predicted molar refractivity (Wildman–Crippen MR) is 46.4 cm³/mol. The van der Waals surface area contributed by atoms with Crippen molar-refractivity contribution in [2.45, 2.75) is 12.6 Å². The molecule has 6 heteroatoms. The second kappa shape index (κ2) is 3.83. The molecule has 0 aromatic carbocycles. The summed E-state index contributed by atoms with van der Waals surface area (Å²) in [5.74, 6) is -0.136. The Hall–Kier alpha value is -1.30. The fraction of sp³-hybridized carbons (Fsp3) is 0.375. The van der Waals surface area contributed by atoms with Crippen LogP contribution >= 0.6 is 0 Å². The average molecular weight is 205 g/mol. The molecule has 0 aliphatic rings. The van der Waals surface area contributed by atoms with E-state index < -0.39 is 11.7 Å². The highest BCUT2D eigenvalue weighted by Crippen LogP contribution is 2.30. The summed E-state index contributed by atoms with van der Waals surface area (Å²) in [6.07, 6.45) is -4.10. The summed E-state index contributed by atoms with van der Waals surface area (Å²) in [5.41, 5.74) is 9.92. The van der Waals surface area contributed by atoms with E-state index >= 15 is 0 Å². The molecule has 0 amide bonds. The van der Waals surface area contributed by atoms with E-state index in [-0.39, 0.29) is 24.5 Å². The van der Waals surface area contributed by atoms with Crippen LogP contribution in [-0.4, -0.2) is 11.5 Å². The van der Waals surface area contributed by atoms with Gasteiger partial charge in [-0.1, -0.05) is 0 Å². The lowest BCUT2D eigenvalue weighted by Crippen LogP contribution is -2.11. The Kier molecular flexibility index (Phi) is 2.95. The molecule has 0 radical (unpaired) electrons. The van der Waals surface area contributed by atoms with Crippen molar-refractivity contribution in [2.75, 3.05) is 12.3 Å². The van der Waals surface area contributed by atoms with Crippen LogP contribution in [0.1, 0.15) is 11.3 Å². The molecule has 1 aromatic rings. The highest BCUT2D eigenvalue weighted by Gasteiger charge is 2.31. The molecule has 3 nitrogen and oxygen atoms in total. The number of nitrogen functional groups attached to an aromatic ring is 1. The molecule has 1 aromatic heterocycles. The molecule has 0 saturated heterocycles. The van der Waals surface area contributed by atoms with Gasteiger partial charge in [0, 0.05) is 12.1 Å². The van der Waals surface area contributed by atoms with E-state index in [9.17, 15) is 13.2 Å². The number of hydrogen-bond acceptors (Lipinski definition) is 3. The van der Waals surface area contributed by atoms with Gasteiger partial charge in [0.05, 0.1) is 5.56 Å². The fourth-order valence-electron chi connectivity index (χ4n) is 1.05. The summed E-state index contributed by atoms with van der Waals surface area (Å²) in [7, 11) is 0. The third-order valence-electron chi connectivity index (χ3n) is 1.63. The van der Waals surface area contributed by atoms with Crippen LogP contribution < -0.4 is 11.5 Å². The number of aromatic nitrogens is 1. The average Bonchev–Trinajstić information content (AvgIpc) is 2.02. The first-order chi connectivity index (χ1) is 6.43. The van der Waals surface area contributed by atoms with Gasteiger partial charge in [-0.2, -0.15) is 13.2 Å². The van der Waals surface area contributed by atoms with Gasteiger partial charge in [0.1, 0.15) is 5.82 Å². The van der Waals surface area contributed by atoms with E-state index in [4.69, 9.17) is 11.5 Å². The molecule has 0 unspecified atom stereocenters. The Balaban J connectivity index is 3.07. The lowest BCUT2D eigenvalue weighted by molar-refractivity contribution is -0.137. The number of anilines is 1. The van der Waals surface area contributed by atoms with Crippen LogP contribution in [0.3, 0.4) is 0 Å². The number of nitrogens with two attached hydrogens (primary N) is 2. The Morgan fingerprint density at radius 2 is 1.93 bits per heavy atom. The van der Waals surface area contributed by atoms with Crippen LogP contribution in [-0.2, 0) is 12.6 Å². The summed E-state index contributed by atoms with van der Waals surface area (Å²) in [4.78, 5) is 3.73. The normalized spacial score (nSPS) is 11.7. The maximum absolute atomic E-state index is 12.3. The number of nitrogens with zero attached hydrogens (tertiary/aromatic N) is 1. The molecule has 0 saturated carbocycles. The SMILES string of the molecule is NCCc1cc(C(F)(F)F)cc(N)n1. The molecule has 0 aliphatic heterocycles. The second-order valence-electron chi connectivity index (χ2n) is 2.81. The predicted octanol–water partition coefficient (Wildman–Crippen LogP) is 1.18. The first kappa shape index (κ1) is 10.8. The van der Waals surface area contributed by atoms with Crippen LogP contribution in [0, 0.1) is 0 Å². The van der Waals surface area contributed by atoms with Crippen LogP contribution in [0.15, 0.2) is 12.1 Å². The van der Waals surface area contributed by atoms with Crippen LogP contribution in [0.2, 0.25) is 0 Å². The van der Waals surface area contributed by atoms with E-state index in [1.807, 2.05) is 0 Å². The van der Waals surface area contributed by atoms with E-state index in [0.29, 0.717) is 0 Å². The molecule has 78 valence electrons. The van der Waals surface area contributed by atoms with Gasteiger partial charge < -0.3 is 11.5 Å². The summed E-state index contributed by atoms with van der Waals surface area (Å²) in [6.45, 7) is 0.244. The van der Waals surface area contributed by atoms with Crippen molar-refractivity contribution in [1.29, 1.82) is 0 Å². The molecule has 14 heavy (non-hydrogen) atoms. The van der Waals surface area contributed by atoms with Crippen molar-refractivity contribution in [3.8, 4) is 0 Å². The lowest BCUT2D eigenvalue weighted by atomic mass is 10.2. The molecule has 1 rings (SSSR count). The monoisotopic (exact) mass is 205 g/mol. The summed E-state index contributed by atoms with van der Waals surface area (Å²) < 4.78 is 36.8. The first-order valence-electron chi connectivity index (χ1n) is 3.97. The standard InChI is InChI=1S/C8H10F3N3/c9-8(10,11)5-3-6(1-2-12)14-7(13)4-5/h3-4H,1-2,12H2,(H2,13,14). The molecular formula is C8H10F3N3. The zero-order valence-corrected chi connectivity index (χ0v) is 7.30. The minimum Gasteiger partial charge on any atom is -0.384 e. The zero-order valence-electron chi connectivity index (χ0n) is 7.30. The van der Waals surface area contributed by atoms with Gasteiger partial charge >= 0.3 is 6.18 Å². The quantitative estimate of drug-likeness (QED) is 0.762. The van der Waals surface area contributed by atoms with Crippen molar-refractivity contribution < 1.29 is 13.2 Å². The van der Waals surface area contributed by atoms with Gasteiger partial charge in [0.2, 0.25) is 0 Å². The highest BCUT2D eigenvalue weighted by molar-refractivity contribution is 5.36. The number of alkyl halides is 3. The van der Waals surface area contributed by atoms with Crippen molar-refractivity contribution in [2.24, 2.45) is 5.73 Å². The maximum Gasteiger partial charge on any atom is 0.416 e. The van der Waals surface area contributed by atoms with Crippen LogP contribution in [0.5, 0.6) is 0 Å². The van der Waals surface area contributed by atoms with Gasteiger partial charge in [0.15, 0.2) is 0 Å². The van der Waals surface area contributed by atoms with Crippen molar-refractivity contribution >= 4 is 5.82 Å². The molecule has 0 bridgehead atoms. The van der Waals surface area contributed by atoms with Crippen molar-refractivity contribution in [3.05, 3.63) is 23.4 Å². The molecule has 4 N–H and O–H groups in total. The third-order valence-corrected chi connectivity index (χ3v) is 1.63. The van der Waals surface area contributed by atoms with Crippen molar-refractivity contribution in [1.82, 2.24) is 4.98 Å². The molecular weight excluding hydrogens is 195 g/mol. The number of pyridine rings is 1. The minimum atomic E-state index is -4.39. The Bertz CT molecular complexity index is 322. The van der Waals surface area contributed by atoms with Gasteiger partial charge in [-0.15, -0.1) is 0 Å². The van der Waals surface area contributed by atoms with E-state index in [2.05, 4.69) is 4.98 Å². The smallest absolute Gasteiger partial charge is 0.384 e. The van der Waals surface area contributed by atoms with E-state index in [0.717, 1.165) is 12.1 Å². The lowest BCUT2D eigenvalue weighted by Gasteiger charge is -2.08.